The average Bonchev–Trinajstić information content (AvgIpc) is 3.34. The van der Waals surface area contributed by atoms with E-state index in [1.807, 2.05) is 48.5 Å². The molecule has 152 valence electrons. The van der Waals surface area contributed by atoms with Gasteiger partial charge in [-0.15, -0.1) is 0 Å². The van der Waals surface area contributed by atoms with Crippen molar-refractivity contribution in [2.75, 3.05) is 23.3 Å². The van der Waals surface area contributed by atoms with Gasteiger partial charge in [0, 0.05) is 18.7 Å². The van der Waals surface area contributed by atoms with E-state index < -0.39 is 6.04 Å². The van der Waals surface area contributed by atoms with Crippen LogP contribution in [0.15, 0.2) is 79.0 Å². The van der Waals surface area contributed by atoms with Gasteiger partial charge in [0.05, 0.1) is 11.9 Å². The van der Waals surface area contributed by atoms with Crippen LogP contribution >= 0.6 is 0 Å². The third kappa shape index (κ3) is 4.66. The molecule has 2 amide bonds. The number of rotatable bonds is 6. The van der Waals surface area contributed by atoms with Gasteiger partial charge in [-0.2, -0.15) is 0 Å². The molecule has 4 rings (SSSR count). The van der Waals surface area contributed by atoms with Gasteiger partial charge in [0.2, 0.25) is 0 Å². The van der Waals surface area contributed by atoms with E-state index in [9.17, 15) is 9.59 Å². The first-order chi connectivity index (χ1) is 14.7. The van der Waals surface area contributed by atoms with Gasteiger partial charge in [-0.05, 0) is 42.7 Å². The van der Waals surface area contributed by atoms with Gasteiger partial charge < -0.3 is 15.5 Å². The Hall–Kier alpha value is -3.67. The second kappa shape index (κ2) is 9.22. The molecular formula is C24H24N4O2. The molecule has 3 aromatic rings. The lowest BCUT2D eigenvalue weighted by Crippen LogP contribution is -2.37. The molecule has 2 aromatic carbocycles. The van der Waals surface area contributed by atoms with E-state index in [4.69, 9.17) is 0 Å². The van der Waals surface area contributed by atoms with Crippen molar-refractivity contribution in [1.29, 1.82) is 0 Å². The Kier molecular flexibility index (Phi) is 6.03. The number of aromatic nitrogens is 1. The van der Waals surface area contributed by atoms with Crippen LogP contribution in [0.3, 0.4) is 0 Å². The first-order valence-corrected chi connectivity index (χ1v) is 10.1. The molecular weight excluding hydrogens is 376 g/mol. The molecule has 1 aliphatic heterocycles. The van der Waals surface area contributed by atoms with E-state index in [-0.39, 0.29) is 11.8 Å². The summed E-state index contributed by atoms with van der Waals surface area (Å²) in [6.07, 6.45) is 4.02. The minimum Gasteiger partial charge on any atom is -0.357 e. The molecule has 0 saturated carbocycles. The van der Waals surface area contributed by atoms with E-state index in [1.54, 1.807) is 30.5 Å². The van der Waals surface area contributed by atoms with E-state index >= 15 is 0 Å². The Morgan fingerprint density at radius 2 is 1.53 bits per heavy atom. The van der Waals surface area contributed by atoms with E-state index in [2.05, 4.69) is 20.5 Å². The average molecular weight is 400 g/mol. The maximum atomic E-state index is 13.1. The van der Waals surface area contributed by atoms with Gasteiger partial charge in [-0.1, -0.05) is 48.5 Å². The van der Waals surface area contributed by atoms with E-state index in [0.29, 0.717) is 16.8 Å². The second-order valence-electron chi connectivity index (χ2n) is 7.27. The highest BCUT2D eigenvalue weighted by molar-refractivity contribution is 6.01. The van der Waals surface area contributed by atoms with Crippen LogP contribution in [0.25, 0.3) is 0 Å². The number of anilines is 2. The molecule has 2 N–H and O–H groups in total. The van der Waals surface area contributed by atoms with E-state index in [1.165, 1.54) is 12.8 Å². The number of nitrogens with zero attached hydrogens (tertiary/aromatic N) is 2. The zero-order valence-corrected chi connectivity index (χ0v) is 16.6. The number of carbonyl (C=O) groups excluding carboxylic acids is 2. The quantitative estimate of drug-likeness (QED) is 0.660. The van der Waals surface area contributed by atoms with Crippen molar-refractivity contribution in [2.45, 2.75) is 18.9 Å². The van der Waals surface area contributed by atoms with Crippen molar-refractivity contribution in [3.63, 3.8) is 0 Å². The summed E-state index contributed by atoms with van der Waals surface area (Å²) in [6.45, 7) is 2.03. The van der Waals surface area contributed by atoms with Gasteiger partial charge in [0.25, 0.3) is 11.8 Å². The highest BCUT2D eigenvalue weighted by atomic mass is 16.2. The predicted octanol–water partition coefficient (Wildman–Crippen LogP) is 3.79. The molecule has 0 radical (unpaired) electrons. The minimum atomic E-state index is -0.822. The SMILES string of the molecule is O=C(NC(C(=O)Nc1ccc(N2CCCC2)nc1)c1ccccc1)c1ccccc1. The largest absolute Gasteiger partial charge is 0.357 e. The summed E-state index contributed by atoms with van der Waals surface area (Å²) in [7, 11) is 0. The molecule has 6 heteroatoms. The summed E-state index contributed by atoms with van der Waals surface area (Å²) in [5.41, 5.74) is 1.81. The maximum absolute atomic E-state index is 13.1. The first kappa shape index (κ1) is 19.6. The first-order valence-electron chi connectivity index (χ1n) is 10.1. The minimum absolute atomic E-state index is 0.304. The molecule has 1 aromatic heterocycles. The van der Waals surface area contributed by atoms with Gasteiger partial charge in [0.1, 0.15) is 11.9 Å². The Morgan fingerprint density at radius 1 is 0.867 bits per heavy atom. The third-order valence-corrected chi connectivity index (χ3v) is 5.15. The highest BCUT2D eigenvalue weighted by Gasteiger charge is 2.23. The standard InChI is InChI=1S/C24H24N4O2/c29-23(19-11-5-2-6-12-19)27-22(18-9-3-1-4-10-18)24(30)26-20-13-14-21(25-17-20)28-15-7-8-16-28/h1-6,9-14,17,22H,7-8,15-16H2,(H,26,30)(H,27,29). The number of nitrogens with one attached hydrogen (secondary N) is 2. The summed E-state index contributed by atoms with van der Waals surface area (Å²) in [6, 6.07) is 21.0. The summed E-state index contributed by atoms with van der Waals surface area (Å²) in [4.78, 5) is 32.4. The molecule has 0 spiro atoms. The fourth-order valence-corrected chi connectivity index (χ4v) is 3.56. The number of benzene rings is 2. The Morgan fingerprint density at radius 3 is 2.17 bits per heavy atom. The highest BCUT2D eigenvalue weighted by Crippen LogP contribution is 2.21. The lowest BCUT2D eigenvalue weighted by molar-refractivity contribution is -0.118. The van der Waals surface area contributed by atoms with Crippen molar-refractivity contribution in [2.24, 2.45) is 0 Å². The monoisotopic (exact) mass is 400 g/mol. The van der Waals surface area contributed by atoms with Gasteiger partial charge in [-0.25, -0.2) is 4.98 Å². The lowest BCUT2D eigenvalue weighted by Gasteiger charge is -2.20. The molecule has 6 nitrogen and oxygen atoms in total. The van der Waals surface area contributed by atoms with Crippen LogP contribution in [0.4, 0.5) is 11.5 Å². The molecule has 2 heterocycles. The normalized spacial score (nSPS) is 14.2. The molecule has 1 unspecified atom stereocenters. The van der Waals surface area contributed by atoms with Crippen molar-refractivity contribution < 1.29 is 9.59 Å². The Balaban J connectivity index is 1.50. The number of amides is 2. The van der Waals surface area contributed by atoms with Crippen molar-refractivity contribution in [1.82, 2.24) is 10.3 Å². The fourth-order valence-electron chi connectivity index (χ4n) is 3.56. The van der Waals surface area contributed by atoms with Crippen LogP contribution < -0.4 is 15.5 Å². The van der Waals surface area contributed by atoms with Crippen LogP contribution in [0.5, 0.6) is 0 Å². The molecule has 1 aliphatic rings. The third-order valence-electron chi connectivity index (χ3n) is 5.15. The molecule has 1 saturated heterocycles. The lowest BCUT2D eigenvalue weighted by atomic mass is 10.1. The maximum Gasteiger partial charge on any atom is 0.252 e. The molecule has 0 bridgehead atoms. The van der Waals surface area contributed by atoms with E-state index in [0.717, 1.165) is 18.9 Å². The Bertz CT molecular complexity index is 985. The van der Waals surface area contributed by atoms with Crippen molar-refractivity contribution >= 4 is 23.3 Å². The Labute approximate surface area is 175 Å². The molecule has 30 heavy (non-hydrogen) atoms. The fraction of sp³-hybridized carbons (Fsp3) is 0.208. The smallest absolute Gasteiger partial charge is 0.252 e. The number of hydrogen-bond acceptors (Lipinski definition) is 4. The molecule has 1 atom stereocenters. The van der Waals surface area contributed by atoms with Gasteiger partial charge in [0.15, 0.2) is 0 Å². The summed E-state index contributed by atoms with van der Waals surface area (Å²) in [5, 5.41) is 5.73. The summed E-state index contributed by atoms with van der Waals surface area (Å²) >= 11 is 0. The van der Waals surface area contributed by atoms with Crippen LogP contribution in [0.2, 0.25) is 0 Å². The van der Waals surface area contributed by atoms with Crippen molar-refractivity contribution in [3.8, 4) is 0 Å². The zero-order valence-electron chi connectivity index (χ0n) is 16.6. The number of carbonyl (C=O) groups is 2. The van der Waals surface area contributed by atoms with Crippen molar-refractivity contribution in [3.05, 3.63) is 90.1 Å². The van der Waals surface area contributed by atoms with Crippen LogP contribution in [0.1, 0.15) is 34.8 Å². The van der Waals surface area contributed by atoms with Crippen LogP contribution in [-0.2, 0) is 4.79 Å². The summed E-state index contributed by atoms with van der Waals surface area (Å²) < 4.78 is 0. The van der Waals surface area contributed by atoms with Crippen LogP contribution in [0, 0.1) is 0 Å². The van der Waals surface area contributed by atoms with Gasteiger partial charge >= 0.3 is 0 Å². The predicted molar refractivity (Wildman–Crippen MR) is 117 cm³/mol. The number of pyridine rings is 1. The number of hydrogen-bond donors (Lipinski definition) is 2. The molecule has 0 aliphatic carbocycles. The second-order valence-corrected chi connectivity index (χ2v) is 7.27. The van der Waals surface area contributed by atoms with Gasteiger partial charge in [-0.3, -0.25) is 9.59 Å². The molecule has 1 fully saturated rings. The summed E-state index contributed by atoms with van der Waals surface area (Å²) in [5.74, 6) is 0.297. The van der Waals surface area contributed by atoms with Crippen LogP contribution in [-0.4, -0.2) is 29.9 Å². The zero-order chi connectivity index (χ0) is 20.8. The topological polar surface area (TPSA) is 74.3 Å².